The molecule has 1 aromatic rings. The topological polar surface area (TPSA) is 87.7 Å². The summed E-state index contributed by atoms with van der Waals surface area (Å²) in [7, 11) is 1.60. The summed E-state index contributed by atoms with van der Waals surface area (Å²) in [6.07, 6.45) is 1.05. The first-order chi connectivity index (χ1) is 11.5. The van der Waals surface area contributed by atoms with Crippen molar-refractivity contribution < 1.29 is 19.1 Å². The van der Waals surface area contributed by atoms with E-state index >= 15 is 0 Å². The minimum atomic E-state index is -0.521. The molecule has 0 aliphatic carbocycles. The Balaban J connectivity index is 1.98. The van der Waals surface area contributed by atoms with Crippen LogP contribution >= 0.6 is 11.3 Å². The van der Waals surface area contributed by atoms with Crippen molar-refractivity contribution in [1.29, 1.82) is 0 Å². The average Bonchev–Trinajstić information content (AvgIpc) is 3.17. The van der Waals surface area contributed by atoms with Crippen molar-refractivity contribution in [3.63, 3.8) is 0 Å². The quantitative estimate of drug-likeness (QED) is 0.657. The molecule has 1 saturated heterocycles. The SMILES string of the molecule is COCC1CC(C(=O)NCc2cc(C)cs2)N(C(=O)CNC=O)C1. The molecule has 2 rings (SSSR count). The van der Waals surface area contributed by atoms with E-state index < -0.39 is 6.04 Å². The van der Waals surface area contributed by atoms with E-state index in [0.29, 0.717) is 32.5 Å². The van der Waals surface area contributed by atoms with Crippen LogP contribution in [0.3, 0.4) is 0 Å². The highest BCUT2D eigenvalue weighted by Crippen LogP contribution is 2.24. The van der Waals surface area contributed by atoms with E-state index in [2.05, 4.69) is 10.6 Å². The Morgan fingerprint density at radius 1 is 1.50 bits per heavy atom. The standard InChI is InChI=1S/C16H23N3O4S/c1-11-3-13(24-9-11)5-18-16(22)14-4-12(8-23-2)7-19(14)15(21)6-17-10-20/h3,9-10,12,14H,4-8H2,1-2H3,(H,17,20)(H,18,22). The van der Waals surface area contributed by atoms with E-state index in [4.69, 9.17) is 4.74 Å². The van der Waals surface area contributed by atoms with Gasteiger partial charge in [-0.05, 0) is 30.4 Å². The van der Waals surface area contributed by atoms with Crippen LogP contribution in [0, 0.1) is 12.8 Å². The van der Waals surface area contributed by atoms with Crippen molar-refractivity contribution in [1.82, 2.24) is 15.5 Å². The lowest BCUT2D eigenvalue weighted by Crippen LogP contribution is -2.48. The van der Waals surface area contributed by atoms with Gasteiger partial charge in [0.15, 0.2) is 0 Å². The highest BCUT2D eigenvalue weighted by molar-refractivity contribution is 7.10. The van der Waals surface area contributed by atoms with Gasteiger partial charge in [-0.25, -0.2) is 0 Å². The molecule has 2 unspecified atom stereocenters. The Bertz CT molecular complexity index is 590. The van der Waals surface area contributed by atoms with Crippen molar-refractivity contribution in [3.05, 3.63) is 21.9 Å². The van der Waals surface area contributed by atoms with Crippen LogP contribution in [0.25, 0.3) is 0 Å². The molecule has 2 atom stereocenters. The summed E-state index contributed by atoms with van der Waals surface area (Å²) >= 11 is 1.60. The minimum absolute atomic E-state index is 0.100. The molecule has 3 amide bonds. The van der Waals surface area contributed by atoms with Crippen LogP contribution in [-0.2, 0) is 25.7 Å². The van der Waals surface area contributed by atoms with Crippen LogP contribution in [0.2, 0.25) is 0 Å². The van der Waals surface area contributed by atoms with E-state index in [1.807, 2.05) is 18.4 Å². The number of likely N-dealkylation sites (tertiary alicyclic amines) is 1. The fourth-order valence-corrected chi connectivity index (χ4v) is 3.72. The van der Waals surface area contributed by atoms with E-state index in [0.717, 1.165) is 4.88 Å². The fraction of sp³-hybridized carbons (Fsp3) is 0.562. The van der Waals surface area contributed by atoms with Gasteiger partial charge in [0.2, 0.25) is 18.2 Å². The van der Waals surface area contributed by atoms with Gasteiger partial charge < -0.3 is 20.3 Å². The number of amides is 3. The molecule has 1 fully saturated rings. The summed E-state index contributed by atoms with van der Waals surface area (Å²) in [6, 6.07) is 1.51. The molecular weight excluding hydrogens is 330 g/mol. The number of hydrogen-bond acceptors (Lipinski definition) is 5. The first-order valence-corrected chi connectivity index (χ1v) is 8.70. The molecule has 7 nitrogen and oxygen atoms in total. The van der Waals surface area contributed by atoms with Gasteiger partial charge in [0.1, 0.15) is 6.04 Å². The number of carbonyl (C=O) groups is 3. The third kappa shape index (κ3) is 4.78. The van der Waals surface area contributed by atoms with Crippen molar-refractivity contribution in [2.75, 3.05) is 26.8 Å². The summed E-state index contributed by atoms with van der Waals surface area (Å²) in [5.74, 6) is -0.304. The second-order valence-electron chi connectivity index (χ2n) is 5.93. The third-order valence-electron chi connectivity index (χ3n) is 3.97. The average molecular weight is 353 g/mol. The van der Waals surface area contributed by atoms with Crippen molar-refractivity contribution in [3.8, 4) is 0 Å². The molecule has 132 valence electrons. The van der Waals surface area contributed by atoms with Crippen molar-refractivity contribution in [2.45, 2.75) is 25.9 Å². The van der Waals surface area contributed by atoms with Gasteiger partial charge in [-0.2, -0.15) is 0 Å². The lowest BCUT2D eigenvalue weighted by Gasteiger charge is -2.23. The maximum absolute atomic E-state index is 12.5. The van der Waals surface area contributed by atoms with Crippen molar-refractivity contribution >= 4 is 29.6 Å². The van der Waals surface area contributed by atoms with E-state index in [-0.39, 0.29) is 24.3 Å². The highest BCUT2D eigenvalue weighted by atomic mass is 32.1. The number of nitrogens with one attached hydrogen (secondary N) is 2. The van der Waals surface area contributed by atoms with Gasteiger partial charge in [-0.15, -0.1) is 11.3 Å². The molecular formula is C16H23N3O4S. The van der Waals surface area contributed by atoms with Crippen LogP contribution in [0.1, 0.15) is 16.9 Å². The van der Waals surface area contributed by atoms with Crippen molar-refractivity contribution in [2.24, 2.45) is 5.92 Å². The molecule has 2 heterocycles. The maximum Gasteiger partial charge on any atom is 0.243 e. The number of thiophene rings is 1. The molecule has 0 spiro atoms. The van der Waals surface area contributed by atoms with Gasteiger partial charge in [0.25, 0.3) is 0 Å². The highest BCUT2D eigenvalue weighted by Gasteiger charge is 2.39. The van der Waals surface area contributed by atoms with Gasteiger partial charge in [-0.1, -0.05) is 0 Å². The predicted molar refractivity (Wildman–Crippen MR) is 90.5 cm³/mol. The number of hydrogen-bond donors (Lipinski definition) is 2. The monoisotopic (exact) mass is 353 g/mol. The second-order valence-corrected chi connectivity index (χ2v) is 6.92. The third-order valence-corrected chi connectivity index (χ3v) is 5.03. The minimum Gasteiger partial charge on any atom is -0.384 e. The largest absolute Gasteiger partial charge is 0.384 e. The zero-order valence-corrected chi connectivity index (χ0v) is 14.7. The fourth-order valence-electron chi connectivity index (χ4n) is 2.91. The number of aryl methyl sites for hydroxylation is 1. The van der Waals surface area contributed by atoms with Crippen LogP contribution < -0.4 is 10.6 Å². The van der Waals surface area contributed by atoms with Gasteiger partial charge in [0.05, 0.1) is 19.7 Å². The molecule has 0 radical (unpaired) electrons. The summed E-state index contributed by atoms with van der Waals surface area (Å²) in [5.41, 5.74) is 1.17. The lowest BCUT2D eigenvalue weighted by atomic mass is 10.1. The molecule has 24 heavy (non-hydrogen) atoms. The first kappa shape index (κ1) is 18.4. The normalized spacial score (nSPS) is 20.0. The Labute approximate surface area is 145 Å². The smallest absolute Gasteiger partial charge is 0.243 e. The van der Waals surface area contributed by atoms with Gasteiger partial charge in [-0.3, -0.25) is 14.4 Å². The number of methoxy groups -OCH3 is 1. The van der Waals surface area contributed by atoms with Crippen LogP contribution in [0.15, 0.2) is 11.4 Å². The van der Waals surface area contributed by atoms with Gasteiger partial charge in [0, 0.05) is 24.4 Å². The summed E-state index contributed by atoms with van der Waals surface area (Å²) < 4.78 is 5.16. The molecule has 1 aliphatic rings. The van der Waals surface area contributed by atoms with Crippen LogP contribution in [0.5, 0.6) is 0 Å². The van der Waals surface area contributed by atoms with E-state index in [1.54, 1.807) is 18.4 Å². The molecule has 1 aromatic heterocycles. The Kier molecular flexibility index (Phi) is 6.74. The molecule has 2 N–H and O–H groups in total. The number of carbonyl (C=O) groups excluding carboxylic acids is 3. The maximum atomic E-state index is 12.5. The summed E-state index contributed by atoms with van der Waals surface area (Å²) in [4.78, 5) is 37.8. The molecule has 1 aliphatic heterocycles. The van der Waals surface area contributed by atoms with Gasteiger partial charge >= 0.3 is 0 Å². The molecule has 8 heteroatoms. The number of rotatable bonds is 8. The van der Waals surface area contributed by atoms with E-state index in [1.165, 1.54) is 10.5 Å². The van der Waals surface area contributed by atoms with Crippen LogP contribution in [-0.4, -0.2) is 56.0 Å². The number of nitrogens with zero attached hydrogens (tertiary/aromatic N) is 1. The molecule has 0 saturated carbocycles. The summed E-state index contributed by atoms with van der Waals surface area (Å²) in [6.45, 7) is 3.32. The summed E-state index contributed by atoms with van der Waals surface area (Å²) in [5, 5.41) is 7.30. The van der Waals surface area contributed by atoms with Crippen LogP contribution in [0.4, 0.5) is 0 Å². The molecule has 0 bridgehead atoms. The lowest BCUT2D eigenvalue weighted by molar-refractivity contribution is -0.138. The Morgan fingerprint density at radius 2 is 2.29 bits per heavy atom. The van der Waals surface area contributed by atoms with E-state index in [9.17, 15) is 14.4 Å². The predicted octanol–water partition coefficient (Wildman–Crippen LogP) is 0.282. The first-order valence-electron chi connectivity index (χ1n) is 7.82. The zero-order valence-electron chi connectivity index (χ0n) is 13.9. The molecule has 0 aromatic carbocycles. The Hall–Kier alpha value is -1.93. The second kappa shape index (κ2) is 8.79. The zero-order chi connectivity index (χ0) is 17.5. The Morgan fingerprint density at radius 3 is 2.92 bits per heavy atom. The number of ether oxygens (including phenoxy) is 1.